The molecule has 4 heteroatoms. The van der Waals surface area contributed by atoms with E-state index in [2.05, 4.69) is 10.3 Å². The van der Waals surface area contributed by atoms with Crippen LogP contribution in [0.3, 0.4) is 0 Å². The van der Waals surface area contributed by atoms with Crippen LogP contribution in [0, 0.1) is 0 Å². The Kier molecular flexibility index (Phi) is 3.44. The van der Waals surface area contributed by atoms with Crippen molar-refractivity contribution in [2.75, 3.05) is 6.54 Å². The summed E-state index contributed by atoms with van der Waals surface area (Å²) >= 11 is 0. The lowest BCUT2D eigenvalue weighted by molar-refractivity contribution is -0.120. The minimum Gasteiger partial charge on any atom is -0.392 e. The zero-order valence-corrected chi connectivity index (χ0v) is 9.73. The quantitative estimate of drug-likeness (QED) is 0.741. The average Bonchev–Trinajstić information content (AvgIpc) is 2.73. The van der Waals surface area contributed by atoms with Gasteiger partial charge in [-0.15, -0.1) is 0 Å². The molecule has 1 atom stereocenters. The Hall–Kier alpha value is -1.81. The van der Waals surface area contributed by atoms with E-state index >= 15 is 0 Å². The SMILES string of the molecule is CC(O)CNC(=O)Cc1ccc2cc[nH]c2c1. The lowest BCUT2D eigenvalue weighted by Crippen LogP contribution is -2.31. The van der Waals surface area contributed by atoms with Crippen LogP contribution in [0.25, 0.3) is 10.9 Å². The highest BCUT2D eigenvalue weighted by Gasteiger charge is 2.05. The van der Waals surface area contributed by atoms with Gasteiger partial charge in [0.2, 0.25) is 5.91 Å². The molecule has 0 saturated carbocycles. The van der Waals surface area contributed by atoms with Crippen LogP contribution in [0.4, 0.5) is 0 Å². The molecule has 2 rings (SSSR count). The molecule has 1 aromatic carbocycles. The molecule has 0 aliphatic heterocycles. The van der Waals surface area contributed by atoms with Crippen LogP contribution in [-0.4, -0.2) is 28.6 Å². The van der Waals surface area contributed by atoms with E-state index in [-0.39, 0.29) is 5.91 Å². The number of aromatic amines is 1. The van der Waals surface area contributed by atoms with Crippen molar-refractivity contribution >= 4 is 16.8 Å². The van der Waals surface area contributed by atoms with Crippen LogP contribution in [0.2, 0.25) is 0 Å². The number of nitrogens with one attached hydrogen (secondary N) is 2. The Morgan fingerprint density at radius 3 is 3.06 bits per heavy atom. The number of aromatic nitrogens is 1. The average molecular weight is 232 g/mol. The van der Waals surface area contributed by atoms with Crippen LogP contribution in [-0.2, 0) is 11.2 Å². The minimum absolute atomic E-state index is 0.0724. The van der Waals surface area contributed by atoms with Gasteiger partial charge in [0.15, 0.2) is 0 Å². The highest BCUT2D eigenvalue weighted by molar-refractivity contribution is 5.83. The summed E-state index contributed by atoms with van der Waals surface area (Å²) in [6.07, 6.45) is 1.70. The van der Waals surface area contributed by atoms with Crippen LogP contribution < -0.4 is 5.32 Å². The summed E-state index contributed by atoms with van der Waals surface area (Å²) in [4.78, 5) is 14.7. The van der Waals surface area contributed by atoms with Crippen molar-refractivity contribution in [1.82, 2.24) is 10.3 Å². The molecule has 0 bridgehead atoms. The van der Waals surface area contributed by atoms with Gasteiger partial charge in [-0.25, -0.2) is 0 Å². The molecule has 0 spiro atoms. The molecule has 4 nitrogen and oxygen atoms in total. The highest BCUT2D eigenvalue weighted by atomic mass is 16.3. The monoisotopic (exact) mass is 232 g/mol. The molecular weight excluding hydrogens is 216 g/mol. The molecular formula is C13H16N2O2. The first-order valence-electron chi connectivity index (χ1n) is 5.66. The second-order valence-electron chi connectivity index (χ2n) is 4.23. The maximum atomic E-state index is 11.6. The number of fused-ring (bicyclic) bond motifs is 1. The zero-order chi connectivity index (χ0) is 12.3. The molecule has 0 aliphatic carbocycles. The number of H-pyrrole nitrogens is 1. The van der Waals surface area contributed by atoms with Crippen molar-refractivity contribution in [1.29, 1.82) is 0 Å². The topological polar surface area (TPSA) is 65.1 Å². The fourth-order valence-corrected chi connectivity index (χ4v) is 1.71. The van der Waals surface area contributed by atoms with E-state index in [1.165, 1.54) is 0 Å². The van der Waals surface area contributed by atoms with E-state index in [1.54, 1.807) is 6.92 Å². The third-order valence-electron chi connectivity index (χ3n) is 2.58. The van der Waals surface area contributed by atoms with Gasteiger partial charge in [0.1, 0.15) is 0 Å². The largest absolute Gasteiger partial charge is 0.392 e. The molecule has 0 radical (unpaired) electrons. The van der Waals surface area contributed by atoms with E-state index < -0.39 is 6.10 Å². The van der Waals surface area contributed by atoms with Crippen LogP contribution in [0.15, 0.2) is 30.5 Å². The first kappa shape index (κ1) is 11.7. The third kappa shape index (κ3) is 3.07. The van der Waals surface area contributed by atoms with Gasteiger partial charge >= 0.3 is 0 Å². The summed E-state index contributed by atoms with van der Waals surface area (Å²) in [5.74, 6) is -0.0724. The van der Waals surface area contributed by atoms with E-state index in [9.17, 15) is 4.79 Å². The number of aliphatic hydroxyl groups excluding tert-OH is 1. The molecule has 2 aromatic rings. The Morgan fingerprint density at radius 1 is 1.47 bits per heavy atom. The summed E-state index contributed by atoms with van der Waals surface area (Å²) in [5, 5.41) is 12.9. The number of benzene rings is 1. The predicted octanol–water partition coefficient (Wildman–Crippen LogP) is 1.21. The van der Waals surface area contributed by atoms with E-state index in [1.807, 2.05) is 30.5 Å². The van der Waals surface area contributed by atoms with Gasteiger partial charge in [-0.1, -0.05) is 12.1 Å². The summed E-state index contributed by atoms with van der Waals surface area (Å²) in [7, 11) is 0. The fourth-order valence-electron chi connectivity index (χ4n) is 1.71. The van der Waals surface area contributed by atoms with Gasteiger partial charge in [0.25, 0.3) is 0 Å². The molecule has 1 heterocycles. The molecule has 1 aromatic heterocycles. The normalized spacial score (nSPS) is 12.6. The maximum absolute atomic E-state index is 11.6. The van der Waals surface area contributed by atoms with Gasteiger partial charge < -0.3 is 15.4 Å². The van der Waals surface area contributed by atoms with Crippen LogP contribution in [0.5, 0.6) is 0 Å². The third-order valence-corrected chi connectivity index (χ3v) is 2.58. The van der Waals surface area contributed by atoms with E-state index in [0.29, 0.717) is 13.0 Å². The summed E-state index contributed by atoms with van der Waals surface area (Å²) in [6, 6.07) is 7.89. The van der Waals surface area contributed by atoms with Crippen molar-refractivity contribution in [3.63, 3.8) is 0 Å². The lowest BCUT2D eigenvalue weighted by Gasteiger charge is -2.07. The van der Waals surface area contributed by atoms with E-state index in [4.69, 9.17) is 5.11 Å². The summed E-state index contributed by atoms with van der Waals surface area (Å²) in [5.41, 5.74) is 1.99. The number of carbonyl (C=O) groups is 1. The maximum Gasteiger partial charge on any atom is 0.224 e. The van der Waals surface area contributed by atoms with Gasteiger partial charge in [-0.3, -0.25) is 4.79 Å². The minimum atomic E-state index is -0.509. The van der Waals surface area contributed by atoms with Crippen molar-refractivity contribution in [3.05, 3.63) is 36.0 Å². The number of rotatable bonds is 4. The standard InChI is InChI=1S/C13H16N2O2/c1-9(16)8-15-13(17)7-10-2-3-11-4-5-14-12(11)6-10/h2-6,9,14,16H,7-8H2,1H3,(H,15,17). The summed E-state index contributed by atoms with van der Waals surface area (Å²) in [6.45, 7) is 1.94. The molecule has 17 heavy (non-hydrogen) atoms. The molecule has 0 saturated heterocycles. The first-order chi connectivity index (χ1) is 8.15. The van der Waals surface area contributed by atoms with Gasteiger partial charge in [-0.2, -0.15) is 0 Å². The fraction of sp³-hybridized carbons (Fsp3) is 0.308. The van der Waals surface area contributed by atoms with Gasteiger partial charge in [0.05, 0.1) is 12.5 Å². The van der Waals surface area contributed by atoms with Crippen molar-refractivity contribution in [2.45, 2.75) is 19.4 Å². The number of aliphatic hydroxyl groups is 1. The Balaban J connectivity index is 2.00. The van der Waals surface area contributed by atoms with Gasteiger partial charge in [-0.05, 0) is 30.0 Å². The number of carbonyl (C=O) groups excluding carboxylic acids is 1. The second kappa shape index (κ2) is 5.01. The molecule has 1 amide bonds. The molecule has 1 unspecified atom stereocenters. The Labute approximate surface area is 99.7 Å². The Morgan fingerprint density at radius 2 is 2.29 bits per heavy atom. The molecule has 0 fully saturated rings. The molecule has 3 N–H and O–H groups in total. The van der Waals surface area contributed by atoms with Crippen LogP contribution in [0.1, 0.15) is 12.5 Å². The van der Waals surface area contributed by atoms with Crippen LogP contribution >= 0.6 is 0 Å². The second-order valence-corrected chi connectivity index (χ2v) is 4.23. The molecule has 90 valence electrons. The molecule has 0 aliphatic rings. The first-order valence-corrected chi connectivity index (χ1v) is 5.66. The number of hydrogen-bond donors (Lipinski definition) is 3. The van der Waals surface area contributed by atoms with Gasteiger partial charge in [0, 0.05) is 18.3 Å². The number of amides is 1. The highest BCUT2D eigenvalue weighted by Crippen LogP contribution is 2.14. The zero-order valence-electron chi connectivity index (χ0n) is 9.73. The summed E-state index contributed by atoms with van der Waals surface area (Å²) < 4.78 is 0. The van der Waals surface area contributed by atoms with E-state index in [0.717, 1.165) is 16.5 Å². The Bertz CT molecular complexity index is 517. The number of hydrogen-bond acceptors (Lipinski definition) is 2. The van der Waals surface area contributed by atoms with Crippen molar-refractivity contribution in [2.24, 2.45) is 0 Å². The smallest absolute Gasteiger partial charge is 0.224 e. The lowest BCUT2D eigenvalue weighted by atomic mass is 10.1. The van der Waals surface area contributed by atoms with Crippen molar-refractivity contribution < 1.29 is 9.90 Å². The van der Waals surface area contributed by atoms with Crippen molar-refractivity contribution in [3.8, 4) is 0 Å². The predicted molar refractivity (Wildman–Crippen MR) is 66.7 cm³/mol.